The summed E-state index contributed by atoms with van der Waals surface area (Å²) in [6.07, 6.45) is 1.03. The van der Waals surface area contributed by atoms with Gasteiger partial charge in [-0.25, -0.2) is 0 Å². The van der Waals surface area contributed by atoms with E-state index in [0.29, 0.717) is 22.8 Å². The first-order chi connectivity index (χ1) is 12.1. The summed E-state index contributed by atoms with van der Waals surface area (Å²) in [5.41, 5.74) is 3.64. The molecule has 0 atom stereocenters. The number of hydrogen-bond acceptors (Lipinski definition) is 5. The highest BCUT2D eigenvalue weighted by molar-refractivity contribution is 6.05. The third-order valence-electron chi connectivity index (χ3n) is 4.40. The van der Waals surface area contributed by atoms with Crippen molar-refractivity contribution >= 4 is 17.3 Å². The van der Waals surface area contributed by atoms with Crippen molar-refractivity contribution in [2.45, 2.75) is 6.42 Å². The molecule has 0 radical (unpaired) electrons. The maximum atomic E-state index is 12.7. The summed E-state index contributed by atoms with van der Waals surface area (Å²) >= 11 is 0. The summed E-state index contributed by atoms with van der Waals surface area (Å²) in [4.78, 5) is 14.8. The van der Waals surface area contributed by atoms with Gasteiger partial charge in [-0.15, -0.1) is 0 Å². The summed E-state index contributed by atoms with van der Waals surface area (Å²) < 4.78 is 15.9. The highest BCUT2D eigenvalue weighted by Crippen LogP contribution is 2.38. The van der Waals surface area contributed by atoms with E-state index in [1.807, 2.05) is 12.1 Å². The molecule has 0 unspecified atom stereocenters. The first kappa shape index (κ1) is 17.0. The molecule has 1 aliphatic rings. The van der Waals surface area contributed by atoms with E-state index in [0.717, 1.165) is 24.3 Å². The fourth-order valence-corrected chi connectivity index (χ4v) is 3.03. The number of nitrogens with zero attached hydrogens (tertiary/aromatic N) is 1. The van der Waals surface area contributed by atoms with E-state index in [4.69, 9.17) is 14.2 Å². The molecule has 3 rings (SSSR count). The number of anilines is 2. The summed E-state index contributed by atoms with van der Waals surface area (Å²) in [6, 6.07) is 9.25. The SMILES string of the molecule is COc1cc(C(=O)Nc2ccc3c(c2)N(C)CC3)cc(OC)c1OC. The number of amides is 1. The lowest BCUT2D eigenvalue weighted by Crippen LogP contribution is -2.14. The number of ether oxygens (including phenoxy) is 3. The van der Waals surface area contributed by atoms with Gasteiger partial charge in [0, 0.05) is 30.5 Å². The minimum Gasteiger partial charge on any atom is -0.493 e. The predicted molar refractivity (Wildman–Crippen MR) is 97.5 cm³/mol. The van der Waals surface area contributed by atoms with Crippen molar-refractivity contribution in [3.8, 4) is 17.2 Å². The molecule has 6 heteroatoms. The Morgan fingerprint density at radius 2 is 1.72 bits per heavy atom. The fourth-order valence-electron chi connectivity index (χ4n) is 3.03. The Morgan fingerprint density at radius 3 is 2.32 bits per heavy atom. The second-order valence-corrected chi connectivity index (χ2v) is 5.88. The number of hydrogen-bond donors (Lipinski definition) is 1. The standard InChI is InChI=1S/C19H22N2O4/c1-21-8-7-12-5-6-14(11-15(12)21)20-19(22)13-9-16(23-2)18(25-4)17(10-13)24-3/h5-6,9-11H,7-8H2,1-4H3,(H,20,22). The van der Waals surface area contributed by atoms with Crippen LogP contribution in [-0.4, -0.2) is 40.8 Å². The molecule has 2 aromatic carbocycles. The first-order valence-corrected chi connectivity index (χ1v) is 8.02. The second-order valence-electron chi connectivity index (χ2n) is 5.88. The zero-order chi connectivity index (χ0) is 18.0. The molecule has 0 bridgehead atoms. The van der Waals surface area contributed by atoms with Crippen LogP contribution >= 0.6 is 0 Å². The van der Waals surface area contributed by atoms with Gasteiger partial charge in [0.2, 0.25) is 5.75 Å². The normalized spacial score (nSPS) is 12.6. The molecular weight excluding hydrogens is 320 g/mol. The average molecular weight is 342 g/mol. The Balaban J connectivity index is 1.88. The molecule has 1 aliphatic heterocycles. The van der Waals surface area contributed by atoms with E-state index in [1.54, 1.807) is 12.1 Å². The quantitative estimate of drug-likeness (QED) is 0.905. The summed E-state index contributed by atoms with van der Waals surface area (Å²) in [6.45, 7) is 1.000. The molecule has 1 heterocycles. The van der Waals surface area contributed by atoms with Crippen molar-refractivity contribution in [1.82, 2.24) is 0 Å². The van der Waals surface area contributed by atoms with E-state index in [1.165, 1.54) is 26.9 Å². The van der Waals surface area contributed by atoms with Crippen LogP contribution in [0, 0.1) is 0 Å². The van der Waals surface area contributed by atoms with Crippen molar-refractivity contribution in [3.05, 3.63) is 41.5 Å². The van der Waals surface area contributed by atoms with Crippen LogP contribution in [-0.2, 0) is 6.42 Å². The van der Waals surface area contributed by atoms with E-state index in [-0.39, 0.29) is 5.91 Å². The molecule has 0 saturated heterocycles. The number of carbonyl (C=O) groups is 1. The molecule has 132 valence electrons. The minimum atomic E-state index is -0.236. The molecule has 0 aliphatic carbocycles. The zero-order valence-electron chi connectivity index (χ0n) is 14.9. The molecule has 2 aromatic rings. The maximum Gasteiger partial charge on any atom is 0.255 e. The van der Waals surface area contributed by atoms with Crippen molar-refractivity contribution in [2.75, 3.05) is 45.1 Å². The van der Waals surface area contributed by atoms with Crippen LogP contribution in [0.4, 0.5) is 11.4 Å². The third-order valence-corrected chi connectivity index (χ3v) is 4.40. The van der Waals surface area contributed by atoms with Crippen LogP contribution in [0.5, 0.6) is 17.2 Å². The van der Waals surface area contributed by atoms with Gasteiger partial charge in [-0.1, -0.05) is 6.07 Å². The van der Waals surface area contributed by atoms with Crippen molar-refractivity contribution in [3.63, 3.8) is 0 Å². The number of carbonyl (C=O) groups excluding carboxylic acids is 1. The summed E-state index contributed by atoms with van der Waals surface area (Å²) in [5.74, 6) is 1.11. The third kappa shape index (κ3) is 3.20. The average Bonchev–Trinajstić information content (AvgIpc) is 3.00. The molecule has 1 N–H and O–H groups in total. The molecule has 6 nitrogen and oxygen atoms in total. The van der Waals surface area contributed by atoms with E-state index < -0.39 is 0 Å². The molecule has 0 saturated carbocycles. The van der Waals surface area contributed by atoms with Crippen LogP contribution in [0.1, 0.15) is 15.9 Å². The molecular formula is C19H22N2O4. The van der Waals surface area contributed by atoms with E-state index in [9.17, 15) is 4.79 Å². The Kier molecular flexibility index (Phi) is 4.70. The Hall–Kier alpha value is -2.89. The lowest BCUT2D eigenvalue weighted by atomic mass is 10.1. The van der Waals surface area contributed by atoms with Crippen LogP contribution in [0.25, 0.3) is 0 Å². The lowest BCUT2D eigenvalue weighted by Gasteiger charge is -2.15. The smallest absolute Gasteiger partial charge is 0.255 e. The first-order valence-electron chi connectivity index (χ1n) is 8.02. The van der Waals surface area contributed by atoms with Crippen molar-refractivity contribution in [1.29, 1.82) is 0 Å². The van der Waals surface area contributed by atoms with Gasteiger partial charge >= 0.3 is 0 Å². The Morgan fingerprint density at radius 1 is 1.04 bits per heavy atom. The maximum absolute atomic E-state index is 12.7. The number of rotatable bonds is 5. The molecule has 0 aromatic heterocycles. The van der Waals surface area contributed by atoms with Crippen LogP contribution in [0.2, 0.25) is 0 Å². The number of likely N-dealkylation sites (N-methyl/N-ethyl adjacent to an activating group) is 1. The molecule has 1 amide bonds. The number of nitrogens with one attached hydrogen (secondary N) is 1. The molecule has 0 fully saturated rings. The molecule has 0 spiro atoms. The van der Waals surface area contributed by atoms with Crippen molar-refractivity contribution < 1.29 is 19.0 Å². The highest BCUT2D eigenvalue weighted by Gasteiger charge is 2.19. The predicted octanol–water partition coefficient (Wildman–Crippen LogP) is 2.96. The summed E-state index contributed by atoms with van der Waals surface area (Å²) in [7, 11) is 6.63. The summed E-state index contributed by atoms with van der Waals surface area (Å²) in [5, 5.41) is 2.93. The van der Waals surface area contributed by atoms with Crippen LogP contribution < -0.4 is 24.4 Å². The second kappa shape index (κ2) is 6.93. The van der Waals surface area contributed by atoms with Gasteiger partial charge in [0.15, 0.2) is 11.5 Å². The van der Waals surface area contributed by atoms with Gasteiger partial charge in [0.05, 0.1) is 21.3 Å². The van der Waals surface area contributed by atoms with E-state index >= 15 is 0 Å². The van der Waals surface area contributed by atoms with Gasteiger partial charge in [-0.3, -0.25) is 4.79 Å². The zero-order valence-corrected chi connectivity index (χ0v) is 14.9. The van der Waals surface area contributed by atoms with Gasteiger partial charge in [-0.2, -0.15) is 0 Å². The lowest BCUT2D eigenvalue weighted by molar-refractivity contribution is 0.102. The van der Waals surface area contributed by atoms with Crippen LogP contribution in [0.15, 0.2) is 30.3 Å². The monoisotopic (exact) mass is 342 g/mol. The van der Waals surface area contributed by atoms with Gasteiger partial charge in [-0.05, 0) is 36.2 Å². The van der Waals surface area contributed by atoms with Gasteiger partial charge in [0.1, 0.15) is 0 Å². The van der Waals surface area contributed by atoms with Crippen molar-refractivity contribution in [2.24, 2.45) is 0 Å². The Bertz CT molecular complexity index is 779. The number of methoxy groups -OCH3 is 3. The topological polar surface area (TPSA) is 60.0 Å². The molecule has 25 heavy (non-hydrogen) atoms. The fraction of sp³-hybridized carbons (Fsp3) is 0.316. The number of benzene rings is 2. The van der Waals surface area contributed by atoms with E-state index in [2.05, 4.69) is 23.3 Å². The Labute approximate surface area is 147 Å². The number of fused-ring (bicyclic) bond motifs is 1. The van der Waals surface area contributed by atoms with Gasteiger partial charge in [0.25, 0.3) is 5.91 Å². The minimum absolute atomic E-state index is 0.236. The van der Waals surface area contributed by atoms with Crippen LogP contribution in [0.3, 0.4) is 0 Å². The highest BCUT2D eigenvalue weighted by atomic mass is 16.5. The largest absolute Gasteiger partial charge is 0.493 e. The van der Waals surface area contributed by atoms with Gasteiger partial charge < -0.3 is 24.4 Å².